The minimum absolute atomic E-state index is 0.142. The summed E-state index contributed by atoms with van der Waals surface area (Å²) in [6.07, 6.45) is 5.04. The van der Waals surface area contributed by atoms with Gasteiger partial charge in [-0.2, -0.15) is 0 Å². The highest BCUT2D eigenvalue weighted by Gasteiger charge is 2.14. The molecular formula is C24H31NO4. The quantitative estimate of drug-likeness (QED) is 0.470. The fraction of sp³-hybridized carbons (Fsp3) is 0.375. The molecule has 1 amide bonds. The highest BCUT2D eigenvalue weighted by Crippen LogP contribution is 2.40. The van der Waals surface area contributed by atoms with Crippen LogP contribution < -0.4 is 19.5 Å². The van der Waals surface area contributed by atoms with Crippen LogP contribution in [0.25, 0.3) is 6.08 Å². The Balaban J connectivity index is 1.87. The van der Waals surface area contributed by atoms with E-state index in [-0.39, 0.29) is 5.91 Å². The summed E-state index contributed by atoms with van der Waals surface area (Å²) >= 11 is 0. The number of hydrogen-bond donors (Lipinski definition) is 1. The fourth-order valence-electron chi connectivity index (χ4n) is 3.05. The molecule has 0 spiro atoms. The monoisotopic (exact) mass is 397 g/mol. The molecule has 0 heterocycles. The second-order valence-corrected chi connectivity index (χ2v) is 7.05. The minimum atomic E-state index is -0.142. The number of carbonyl (C=O) groups excluding carboxylic acids is 1. The van der Waals surface area contributed by atoms with E-state index in [0.717, 1.165) is 18.4 Å². The maximum Gasteiger partial charge on any atom is 0.244 e. The van der Waals surface area contributed by atoms with Crippen LogP contribution in [-0.4, -0.2) is 33.8 Å². The molecule has 2 aromatic rings. The summed E-state index contributed by atoms with van der Waals surface area (Å²) in [7, 11) is 4.68. The van der Waals surface area contributed by atoms with Gasteiger partial charge < -0.3 is 19.5 Å². The molecule has 0 aromatic heterocycles. The number of rotatable bonds is 10. The van der Waals surface area contributed by atoms with Gasteiger partial charge in [-0.3, -0.25) is 4.79 Å². The number of ether oxygens (including phenoxy) is 3. The van der Waals surface area contributed by atoms with Gasteiger partial charge in [0.15, 0.2) is 11.5 Å². The lowest BCUT2D eigenvalue weighted by Crippen LogP contribution is -2.22. The first-order chi connectivity index (χ1) is 14.0. The van der Waals surface area contributed by atoms with Crippen molar-refractivity contribution >= 4 is 12.0 Å². The summed E-state index contributed by atoms with van der Waals surface area (Å²) in [6, 6.07) is 12.3. The van der Waals surface area contributed by atoms with Crippen molar-refractivity contribution in [3.05, 3.63) is 59.2 Å². The average molecular weight is 398 g/mol. The van der Waals surface area contributed by atoms with Gasteiger partial charge in [-0.05, 0) is 48.1 Å². The molecule has 2 aromatic carbocycles. The average Bonchev–Trinajstić information content (AvgIpc) is 2.74. The number of nitrogens with one attached hydrogen (secondary N) is 1. The summed E-state index contributed by atoms with van der Waals surface area (Å²) in [5.41, 5.74) is 3.37. The molecule has 0 aliphatic rings. The molecule has 0 fully saturated rings. The van der Waals surface area contributed by atoms with Crippen molar-refractivity contribution in [3.63, 3.8) is 0 Å². The van der Waals surface area contributed by atoms with Gasteiger partial charge in [-0.15, -0.1) is 0 Å². The van der Waals surface area contributed by atoms with Gasteiger partial charge in [0.1, 0.15) is 0 Å². The van der Waals surface area contributed by atoms with Crippen molar-refractivity contribution in [2.24, 2.45) is 0 Å². The van der Waals surface area contributed by atoms with Gasteiger partial charge in [0.2, 0.25) is 11.7 Å². The summed E-state index contributed by atoms with van der Waals surface area (Å²) < 4.78 is 16.1. The van der Waals surface area contributed by atoms with E-state index in [1.807, 2.05) is 6.07 Å². The molecule has 0 aliphatic heterocycles. The zero-order chi connectivity index (χ0) is 21.2. The van der Waals surface area contributed by atoms with Gasteiger partial charge >= 0.3 is 0 Å². The lowest BCUT2D eigenvalue weighted by Gasteiger charge is -2.13. The van der Waals surface area contributed by atoms with Gasteiger partial charge in [-0.1, -0.05) is 38.1 Å². The van der Waals surface area contributed by atoms with Crippen LogP contribution in [0, 0.1) is 0 Å². The van der Waals surface area contributed by atoms with Crippen molar-refractivity contribution in [2.45, 2.75) is 32.6 Å². The summed E-state index contributed by atoms with van der Waals surface area (Å²) in [5.74, 6) is 2.01. The summed E-state index contributed by atoms with van der Waals surface area (Å²) in [4.78, 5) is 12.1. The number of hydrogen-bond acceptors (Lipinski definition) is 4. The van der Waals surface area contributed by atoms with E-state index < -0.39 is 0 Å². The predicted molar refractivity (Wildman–Crippen MR) is 117 cm³/mol. The minimum Gasteiger partial charge on any atom is -0.493 e. The van der Waals surface area contributed by atoms with Crippen LogP contribution >= 0.6 is 0 Å². The first-order valence-corrected chi connectivity index (χ1v) is 9.83. The first kappa shape index (κ1) is 22.3. The predicted octanol–water partition coefficient (Wildman–Crippen LogP) is 4.60. The zero-order valence-corrected chi connectivity index (χ0v) is 18.0. The molecule has 156 valence electrons. The standard InChI is InChI=1S/C24H31NO4/c1-17(2)19-10-8-18(9-11-19)7-6-16-25-22(26)15-13-20-12-14-21(27-3)24(29-5)23(20)28-4/h8-15,17H,6-7,16H2,1-5H3,(H,25,26)/b15-13+. The maximum absolute atomic E-state index is 12.1. The molecule has 0 aliphatic carbocycles. The zero-order valence-electron chi connectivity index (χ0n) is 18.0. The van der Waals surface area contributed by atoms with Gasteiger partial charge in [0.25, 0.3) is 0 Å². The third-order valence-corrected chi connectivity index (χ3v) is 4.74. The van der Waals surface area contributed by atoms with E-state index in [4.69, 9.17) is 14.2 Å². The molecule has 0 atom stereocenters. The maximum atomic E-state index is 12.1. The second-order valence-electron chi connectivity index (χ2n) is 7.05. The number of methoxy groups -OCH3 is 3. The second kappa shape index (κ2) is 11.1. The third kappa shape index (κ3) is 6.28. The molecule has 0 radical (unpaired) electrons. The Kier molecular flexibility index (Phi) is 8.59. The van der Waals surface area contributed by atoms with Crippen LogP contribution in [0.5, 0.6) is 17.2 Å². The van der Waals surface area contributed by atoms with Crippen molar-refractivity contribution < 1.29 is 19.0 Å². The first-order valence-electron chi connectivity index (χ1n) is 9.83. The normalized spacial score (nSPS) is 11.0. The van der Waals surface area contributed by atoms with E-state index in [0.29, 0.717) is 29.7 Å². The smallest absolute Gasteiger partial charge is 0.244 e. The number of benzene rings is 2. The number of aryl methyl sites for hydroxylation is 1. The van der Waals surface area contributed by atoms with E-state index >= 15 is 0 Å². The molecule has 0 saturated heterocycles. The van der Waals surface area contributed by atoms with Crippen LogP contribution in [0.1, 0.15) is 42.9 Å². The van der Waals surface area contributed by atoms with E-state index in [2.05, 4.69) is 43.4 Å². The fourth-order valence-corrected chi connectivity index (χ4v) is 3.05. The Morgan fingerprint density at radius 3 is 2.24 bits per heavy atom. The van der Waals surface area contributed by atoms with Crippen LogP contribution in [0.2, 0.25) is 0 Å². The lowest BCUT2D eigenvalue weighted by molar-refractivity contribution is -0.116. The number of carbonyl (C=O) groups is 1. The summed E-state index contributed by atoms with van der Waals surface area (Å²) in [6.45, 7) is 5.00. The Morgan fingerprint density at radius 2 is 1.66 bits per heavy atom. The molecule has 0 saturated carbocycles. The molecule has 0 bridgehead atoms. The Hall–Kier alpha value is -2.95. The van der Waals surface area contributed by atoms with Crippen LogP contribution in [0.15, 0.2) is 42.5 Å². The van der Waals surface area contributed by atoms with E-state index in [1.165, 1.54) is 17.2 Å². The topological polar surface area (TPSA) is 56.8 Å². The van der Waals surface area contributed by atoms with Crippen LogP contribution in [-0.2, 0) is 11.2 Å². The Bertz CT molecular complexity index is 826. The molecule has 5 heteroatoms. The highest BCUT2D eigenvalue weighted by molar-refractivity contribution is 5.92. The van der Waals surface area contributed by atoms with Gasteiger partial charge in [0, 0.05) is 18.2 Å². The van der Waals surface area contributed by atoms with E-state index in [1.54, 1.807) is 33.5 Å². The van der Waals surface area contributed by atoms with Crippen LogP contribution in [0.3, 0.4) is 0 Å². The summed E-state index contributed by atoms with van der Waals surface area (Å²) in [5, 5.41) is 2.92. The molecule has 5 nitrogen and oxygen atoms in total. The molecule has 2 rings (SSSR count). The SMILES string of the molecule is COc1ccc(/C=C/C(=O)NCCCc2ccc(C(C)C)cc2)c(OC)c1OC. The third-order valence-electron chi connectivity index (χ3n) is 4.74. The van der Waals surface area contributed by atoms with Gasteiger partial charge in [0.05, 0.1) is 21.3 Å². The molecule has 29 heavy (non-hydrogen) atoms. The lowest BCUT2D eigenvalue weighted by atomic mass is 10.0. The van der Waals surface area contributed by atoms with Crippen molar-refractivity contribution in [1.29, 1.82) is 0 Å². The Morgan fingerprint density at radius 1 is 0.966 bits per heavy atom. The largest absolute Gasteiger partial charge is 0.493 e. The number of amides is 1. The van der Waals surface area contributed by atoms with Crippen molar-refractivity contribution in [3.8, 4) is 17.2 Å². The van der Waals surface area contributed by atoms with Crippen molar-refractivity contribution in [2.75, 3.05) is 27.9 Å². The van der Waals surface area contributed by atoms with Crippen LogP contribution in [0.4, 0.5) is 0 Å². The van der Waals surface area contributed by atoms with Crippen molar-refractivity contribution in [1.82, 2.24) is 5.32 Å². The molecule has 1 N–H and O–H groups in total. The molecule has 0 unspecified atom stereocenters. The highest BCUT2D eigenvalue weighted by atomic mass is 16.5. The van der Waals surface area contributed by atoms with E-state index in [9.17, 15) is 4.79 Å². The Labute approximate surface area is 173 Å². The van der Waals surface area contributed by atoms with Gasteiger partial charge in [-0.25, -0.2) is 0 Å². The molecular weight excluding hydrogens is 366 g/mol.